The Bertz CT molecular complexity index is 998. The number of amides is 2. The molecule has 0 spiro atoms. The fraction of sp³-hybridized carbons (Fsp3) is 0.158. The summed E-state index contributed by atoms with van der Waals surface area (Å²) in [5.74, 6) is -0.618. The molecule has 0 aliphatic heterocycles. The number of hydrogen-bond acceptors (Lipinski definition) is 6. The van der Waals surface area contributed by atoms with E-state index in [0.717, 1.165) is 5.56 Å². The fourth-order valence-electron chi connectivity index (χ4n) is 2.28. The minimum atomic E-state index is -0.351. The number of hydrogen-bond donors (Lipinski definition) is 2. The molecule has 150 valence electrons. The van der Waals surface area contributed by atoms with Crippen molar-refractivity contribution < 1.29 is 14.0 Å². The highest BCUT2D eigenvalue weighted by Crippen LogP contribution is 2.25. The monoisotopic (exact) mass is 450 g/mol. The molecule has 0 saturated carbocycles. The predicted octanol–water partition coefficient (Wildman–Crippen LogP) is 3.92. The molecule has 29 heavy (non-hydrogen) atoms. The minimum Gasteiger partial charge on any atom is -0.351 e. The molecule has 0 bridgehead atoms. The Morgan fingerprint density at radius 2 is 1.83 bits per heavy atom. The van der Waals surface area contributed by atoms with E-state index in [0.29, 0.717) is 26.6 Å². The van der Waals surface area contributed by atoms with Crippen LogP contribution in [-0.2, 0) is 22.6 Å². The lowest BCUT2D eigenvalue weighted by Gasteiger charge is -2.05. The van der Waals surface area contributed by atoms with Crippen LogP contribution in [0, 0.1) is 5.82 Å². The summed E-state index contributed by atoms with van der Waals surface area (Å²) in [5, 5.41) is 14.3. The average Bonchev–Trinajstić information content (AvgIpc) is 3.14. The molecular weight excluding hydrogens is 435 g/mol. The molecule has 0 aliphatic carbocycles. The van der Waals surface area contributed by atoms with Crippen molar-refractivity contribution in [2.75, 3.05) is 11.1 Å². The average molecular weight is 451 g/mol. The molecule has 0 aliphatic rings. The molecule has 10 heteroatoms. The molecule has 0 unspecified atom stereocenters. The van der Waals surface area contributed by atoms with Crippen LogP contribution in [0.5, 0.6) is 0 Å². The van der Waals surface area contributed by atoms with Crippen molar-refractivity contribution in [3.05, 3.63) is 70.5 Å². The van der Waals surface area contributed by atoms with Crippen LogP contribution < -0.4 is 10.6 Å². The topological polar surface area (TPSA) is 84.0 Å². The number of thioether (sulfide) groups is 1. The summed E-state index contributed by atoms with van der Waals surface area (Å²) in [6.07, 6.45) is 0.104. The number of nitrogens with one attached hydrogen (secondary N) is 2. The molecular formula is C19H16ClFN4O2S2. The summed E-state index contributed by atoms with van der Waals surface area (Å²) in [7, 11) is 0. The van der Waals surface area contributed by atoms with Gasteiger partial charge in [-0.3, -0.25) is 9.59 Å². The highest BCUT2D eigenvalue weighted by Gasteiger charge is 2.11. The van der Waals surface area contributed by atoms with Crippen molar-refractivity contribution in [3.8, 4) is 0 Å². The molecule has 2 amide bonds. The first kappa shape index (κ1) is 21.2. The smallest absolute Gasteiger partial charge is 0.230 e. The Kier molecular flexibility index (Phi) is 7.56. The summed E-state index contributed by atoms with van der Waals surface area (Å²) in [6.45, 7) is 0.347. The molecule has 3 aromatic rings. The van der Waals surface area contributed by atoms with Gasteiger partial charge in [0.2, 0.25) is 16.9 Å². The van der Waals surface area contributed by atoms with Crippen molar-refractivity contribution in [1.82, 2.24) is 15.5 Å². The quantitative estimate of drug-likeness (QED) is 0.401. The van der Waals surface area contributed by atoms with E-state index in [1.165, 1.54) is 35.2 Å². The van der Waals surface area contributed by atoms with Crippen LogP contribution in [0.3, 0.4) is 0 Å². The van der Waals surface area contributed by atoms with Crippen LogP contribution in [0.25, 0.3) is 0 Å². The summed E-state index contributed by atoms with van der Waals surface area (Å²) in [6, 6.07) is 13.0. The maximum Gasteiger partial charge on any atom is 0.230 e. The Morgan fingerprint density at radius 3 is 2.59 bits per heavy atom. The van der Waals surface area contributed by atoms with E-state index in [2.05, 4.69) is 20.8 Å². The molecule has 2 aromatic carbocycles. The van der Waals surface area contributed by atoms with Gasteiger partial charge in [0.15, 0.2) is 4.34 Å². The van der Waals surface area contributed by atoms with Crippen LogP contribution in [0.2, 0.25) is 5.02 Å². The molecule has 3 rings (SSSR count). The molecule has 6 nitrogen and oxygen atoms in total. The summed E-state index contributed by atoms with van der Waals surface area (Å²) < 4.78 is 13.5. The van der Waals surface area contributed by atoms with Crippen molar-refractivity contribution in [1.29, 1.82) is 0 Å². The lowest BCUT2D eigenvalue weighted by Crippen LogP contribution is -2.24. The maximum absolute atomic E-state index is 12.9. The van der Waals surface area contributed by atoms with E-state index in [1.807, 2.05) is 18.2 Å². The molecule has 1 heterocycles. The third kappa shape index (κ3) is 6.81. The standard InChI is InChI=1S/C19H16ClFN4O2S2/c20-15-4-2-1-3-13(15)10-22-17(27)11-28-19-25-24-18(29-19)23-16(26)9-12-5-7-14(21)8-6-12/h1-8H,9-11H2,(H,22,27)(H,23,24,26). The van der Waals surface area contributed by atoms with Gasteiger partial charge in [-0.25, -0.2) is 4.39 Å². The zero-order chi connectivity index (χ0) is 20.6. The van der Waals surface area contributed by atoms with E-state index in [-0.39, 0.29) is 29.8 Å². The van der Waals surface area contributed by atoms with Gasteiger partial charge < -0.3 is 10.6 Å². The van der Waals surface area contributed by atoms with Crippen LogP contribution >= 0.6 is 34.7 Å². The van der Waals surface area contributed by atoms with Gasteiger partial charge in [0.1, 0.15) is 5.82 Å². The largest absolute Gasteiger partial charge is 0.351 e. The van der Waals surface area contributed by atoms with Gasteiger partial charge >= 0.3 is 0 Å². The fourth-order valence-corrected chi connectivity index (χ4v) is 4.08. The van der Waals surface area contributed by atoms with Gasteiger partial charge in [-0.2, -0.15) is 0 Å². The van der Waals surface area contributed by atoms with E-state index in [9.17, 15) is 14.0 Å². The number of carbonyl (C=O) groups is 2. The Hall–Kier alpha value is -2.49. The normalized spacial score (nSPS) is 10.6. The molecule has 0 atom stereocenters. The number of anilines is 1. The Labute approximate surface area is 179 Å². The van der Waals surface area contributed by atoms with Crippen molar-refractivity contribution in [2.24, 2.45) is 0 Å². The molecule has 0 saturated heterocycles. The van der Waals surface area contributed by atoms with Crippen molar-refractivity contribution >= 4 is 51.6 Å². The second-order valence-corrected chi connectivity index (χ2v) is 8.49. The van der Waals surface area contributed by atoms with Crippen molar-refractivity contribution in [3.63, 3.8) is 0 Å². The van der Waals surface area contributed by atoms with Crippen LogP contribution in [0.1, 0.15) is 11.1 Å². The summed E-state index contributed by atoms with van der Waals surface area (Å²) >= 11 is 8.47. The van der Waals surface area contributed by atoms with Gasteiger partial charge in [0.05, 0.1) is 12.2 Å². The van der Waals surface area contributed by atoms with Crippen LogP contribution in [0.4, 0.5) is 9.52 Å². The molecule has 0 fully saturated rings. The highest BCUT2D eigenvalue weighted by molar-refractivity contribution is 8.01. The van der Waals surface area contributed by atoms with Gasteiger partial charge in [-0.15, -0.1) is 10.2 Å². The number of halogens is 2. The second kappa shape index (κ2) is 10.3. The van der Waals surface area contributed by atoms with E-state index in [4.69, 9.17) is 11.6 Å². The third-order valence-electron chi connectivity index (χ3n) is 3.69. The zero-order valence-electron chi connectivity index (χ0n) is 15.0. The SMILES string of the molecule is O=C(CSc1nnc(NC(=O)Cc2ccc(F)cc2)s1)NCc1ccccc1Cl. The number of benzene rings is 2. The Morgan fingerprint density at radius 1 is 1.07 bits per heavy atom. The van der Waals surface area contributed by atoms with Crippen LogP contribution in [0.15, 0.2) is 52.9 Å². The number of aromatic nitrogens is 2. The highest BCUT2D eigenvalue weighted by atomic mass is 35.5. The number of rotatable bonds is 8. The summed E-state index contributed by atoms with van der Waals surface area (Å²) in [4.78, 5) is 24.0. The molecule has 1 aromatic heterocycles. The first-order valence-corrected chi connectivity index (χ1v) is 10.7. The second-order valence-electron chi connectivity index (χ2n) is 5.88. The van der Waals surface area contributed by atoms with Crippen LogP contribution in [-0.4, -0.2) is 27.8 Å². The maximum atomic E-state index is 12.9. The lowest BCUT2D eigenvalue weighted by molar-refractivity contribution is -0.118. The minimum absolute atomic E-state index is 0.104. The zero-order valence-corrected chi connectivity index (χ0v) is 17.4. The number of nitrogens with zero attached hydrogens (tertiary/aromatic N) is 2. The third-order valence-corrected chi connectivity index (χ3v) is 6.03. The molecule has 0 radical (unpaired) electrons. The summed E-state index contributed by atoms with van der Waals surface area (Å²) in [5.41, 5.74) is 1.53. The van der Waals surface area contributed by atoms with E-state index < -0.39 is 0 Å². The first-order valence-electron chi connectivity index (χ1n) is 8.50. The van der Waals surface area contributed by atoms with Gasteiger partial charge in [0.25, 0.3) is 0 Å². The number of carbonyl (C=O) groups excluding carboxylic acids is 2. The van der Waals surface area contributed by atoms with Gasteiger partial charge in [-0.05, 0) is 29.3 Å². The van der Waals surface area contributed by atoms with Gasteiger partial charge in [0, 0.05) is 11.6 Å². The molecule has 2 N–H and O–H groups in total. The van der Waals surface area contributed by atoms with E-state index >= 15 is 0 Å². The van der Waals surface area contributed by atoms with Gasteiger partial charge in [-0.1, -0.05) is 65.0 Å². The Balaban J connectivity index is 1.42. The predicted molar refractivity (Wildman–Crippen MR) is 113 cm³/mol. The lowest BCUT2D eigenvalue weighted by atomic mass is 10.1. The first-order chi connectivity index (χ1) is 14.0. The van der Waals surface area contributed by atoms with E-state index in [1.54, 1.807) is 18.2 Å². The van der Waals surface area contributed by atoms with Crippen molar-refractivity contribution in [2.45, 2.75) is 17.3 Å².